The zero-order valence-electron chi connectivity index (χ0n) is 12.5. The van der Waals surface area contributed by atoms with Gasteiger partial charge in [-0.1, -0.05) is 0 Å². The summed E-state index contributed by atoms with van der Waals surface area (Å²) >= 11 is 0. The lowest BCUT2D eigenvalue weighted by molar-refractivity contribution is -0.127. The van der Waals surface area contributed by atoms with Crippen molar-refractivity contribution in [2.75, 3.05) is 31.1 Å². The highest BCUT2D eigenvalue weighted by molar-refractivity contribution is 5.92. The molecule has 2 amide bonds. The summed E-state index contributed by atoms with van der Waals surface area (Å²) in [5, 5.41) is 2.79. The number of rotatable bonds is 6. The van der Waals surface area contributed by atoms with Gasteiger partial charge in [0.1, 0.15) is 0 Å². The molecule has 6 nitrogen and oxygen atoms in total. The van der Waals surface area contributed by atoms with Gasteiger partial charge in [-0.15, -0.1) is 0 Å². The van der Waals surface area contributed by atoms with E-state index < -0.39 is 0 Å². The van der Waals surface area contributed by atoms with Crippen molar-refractivity contribution >= 4 is 29.3 Å². The molecule has 22 heavy (non-hydrogen) atoms. The number of benzene rings is 1. The average molecular weight is 302 g/mol. The van der Waals surface area contributed by atoms with E-state index in [1.54, 1.807) is 24.3 Å². The molecule has 1 aromatic carbocycles. The Kier molecular flexibility index (Phi) is 5.41. The molecule has 0 atom stereocenters. The van der Waals surface area contributed by atoms with Gasteiger partial charge in [0.2, 0.25) is 11.8 Å². The summed E-state index contributed by atoms with van der Waals surface area (Å²) in [5.41, 5.74) is 13.4. The number of nitrogens with one attached hydrogen (secondary N) is 1. The Labute approximate surface area is 130 Å². The van der Waals surface area contributed by atoms with E-state index >= 15 is 0 Å². The number of nitrogen functional groups attached to an aromatic ring is 2. The van der Waals surface area contributed by atoms with Crippen molar-refractivity contribution < 1.29 is 9.59 Å². The molecule has 2 rings (SSSR count). The van der Waals surface area contributed by atoms with Crippen LogP contribution in [0.15, 0.2) is 24.3 Å². The highest BCUT2D eigenvalue weighted by atomic mass is 16.2. The summed E-state index contributed by atoms with van der Waals surface area (Å²) in [6, 6.07) is 5.14. The normalized spacial score (nSPS) is 14.7. The van der Waals surface area contributed by atoms with Crippen molar-refractivity contribution in [3.63, 3.8) is 0 Å². The molecular weight excluding hydrogens is 280 g/mol. The summed E-state index contributed by atoms with van der Waals surface area (Å²) in [4.78, 5) is 25.0. The molecule has 0 aliphatic carbocycles. The third kappa shape index (κ3) is 4.51. The standard InChI is InChI=1S/C16H22N4O2/c17-13-5-6-14(18)12(11-13)4-7-15(21)19-8-2-10-20-9-1-3-16(20)22/h4-7,11H,1-3,8-10,17-18H2,(H,19,21). The summed E-state index contributed by atoms with van der Waals surface area (Å²) in [5.74, 6) is 0.0259. The van der Waals surface area contributed by atoms with Crippen LogP contribution in [0.5, 0.6) is 0 Å². The van der Waals surface area contributed by atoms with Crippen LogP contribution in [0, 0.1) is 0 Å². The Morgan fingerprint density at radius 1 is 1.36 bits per heavy atom. The Bertz CT molecular complexity index is 584. The zero-order valence-corrected chi connectivity index (χ0v) is 12.5. The maximum absolute atomic E-state index is 11.7. The quantitative estimate of drug-likeness (QED) is 0.414. The smallest absolute Gasteiger partial charge is 0.244 e. The summed E-state index contributed by atoms with van der Waals surface area (Å²) in [6.07, 6.45) is 5.43. The number of likely N-dealkylation sites (tertiary alicyclic amines) is 1. The number of nitrogens with two attached hydrogens (primary N) is 2. The van der Waals surface area contributed by atoms with Gasteiger partial charge in [-0.2, -0.15) is 0 Å². The molecule has 0 bridgehead atoms. The minimum atomic E-state index is -0.186. The fourth-order valence-corrected chi connectivity index (χ4v) is 2.38. The van der Waals surface area contributed by atoms with Crippen molar-refractivity contribution in [2.45, 2.75) is 19.3 Å². The minimum Gasteiger partial charge on any atom is -0.399 e. The van der Waals surface area contributed by atoms with E-state index in [9.17, 15) is 9.59 Å². The Morgan fingerprint density at radius 2 is 2.18 bits per heavy atom. The largest absolute Gasteiger partial charge is 0.399 e. The van der Waals surface area contributed by atoms with Crippen LogP contribution in [0.2, 0.25) is 0 Å². The molecule has 6 heteroatoms. The van der Waals surface area contributed by atoms with Crippen LogP contribution in [-0.4, -0.2) is 36.3 Å². The molecule has 1 aliphatic rings. The van der Waals surface area contributed by atoms with Crippen molar-refractivity contribution in [3.8, 4) is 0 Å². The van der Waals surface area contributed by atoms with E-state index in [0.717, 1.165) is 24.9 Å². The molecule has 5 N–H and O–H groups in total. The Balaban J connectivity index is 1.72. The second-order valence-corrected chi connectivity index (χ2v) is 5.35. The van der Waals surface area contributed by atoms with E-state index in [1.165, 1.54) is 6.08 Å². The number of carbonyl (C=O) groups is 2. The second-order valence-electron chi connectivity index (χ2n) is 5.35. The van der Waals surface area contributed by atoms with Crippen molar-refractivity contribution in [1.82, 2.24) is 10.2 Å². The molecule has 1 heterocycles. The van der Waals surface area contributed by atoms with Gasteiger partial charge in [0.15, 0.2) is 0 Å². The lowest BCUT2D eigenvalue weighted by Gasteiger charge is -2.14. The summed E-state index contributed by atoms with van der Waals surface area (Å²) in [7, 11) is 0. The van der Waals surface area contributed by atoms with Gasteiger partial charge in [-0.05, 0) is 42.7 Å². The van der Waals surface area contributed by atoms with Crippen molar-refractivity contribution in [2.24, 2.45) is 0 Å². The second kappa shape index (κ2) is 7.49. The average Bonchev–Trinajstić information content (AvgIpc) is 2.90. The summed E-state index contributed by atoms with van der Waals surface area (Å²) in [6.45, 7) is 2.08. The minimum absolute atomic E-state index is 0.186. The molecule has 0 spiro atoms. The molecular formula is C16H22N4O2. The van der Waals surface area contributed by atoms with Gasteiger partial charge in [-0.3, -0.25) is 9.59 Å². The number of hydrogen-bond donors (Lipinski definition) is 3. The highest BCUT2D eigenvalue weighted by Gasteiger charge is 2.18. The van der Waals surface area contributed by atoms with Gasteiger partial charge in [0.25, 0.3) is 0 Å². The molecule has 1 aromatic rings. The Hall–Kier alpha value is -2.50. The lowest BCUT2D eigenvalue weighted by atomic mass is 10.1. The van der Waals surface area contributed by atoms with Crippen LogP contribution in [0.3, 0.4) is 0 Å². The monoisotopic (exact) mass is 302 g/mol. The number of amides is 2. The van der Waals surface area contributed by atoms with Crippen molar-refractivity contribution in [1.29, 1.82) is 0 Å². The maximum atomic E-state index is 11.7. The zero-order chi connectivity index (χ0) is 15.9. The molecule has 118 valence electrons. The van der Waals surface area contributed by atoms with Crippen LogP contribution in [0.1, 0.15) is 24.8 Å². The molecule has 1 fully saturated rings. The fourth-order valence-electron chi connectivity index (χ4n) is 2.38. The van der Waals surface area contributed by atoms with E-state index in [-0.39, 0.29) is 11.8 Å². The van der Waals surface area contributed by atoms with Crippen LogP contribution in [-0.2, 0) is 9.59 Å². The first-order valence-electron chi connectivity index (χ1n) is 7.45. The fraction of sp³-hybridized carbons (Fsp3) is 0.375. The summed E-state index contributed by atoms with van der Waals surface area (Å²) < 4.78 is 0. The predicted octanol–water partition coefficient (Wildman–Crippen LogP) is 0.993. The molecule has 0 radical (unpaired) electrons. The first-order valence-corrected chi connectivity index (χ1v) is 7.45. The topological polar surface area (TPSA) is 101 Å². The first-order chi connectivity index (χ1) is 10.6. The van der Waals surface area contributed by atoms with E-state index in [2.05, 4.69) is 5.32 Å². The first kappa shape index (κ1) is 15.9. The van der Waals surface area contributed by atoms with Gasteiger partial charge in [0.05, 0.1) is 0 Å². The van der Waals surface area contributed by atoms with Gasteiger partial charge < -0.3 is 21.7 Å². The van der Waals surface area contributed by atoms with Crippen molar-refractivity contribution in [3.05, 3.63) is 29.8 Å². The third-order valence-corrected chi connectivity index (χ3v) is 3.60. The molecule has 1 saturated heterocycles. The Morgan fingerprint density at radius 3 is 2.91 bits per heavy atom. The number of hydrogen-bond acceptors (Lipinski definition) is 4. The van der Waals surface area contributed by atoms with E-state index in [4.69, 9.17) is 11.5 Å². The van der Waals surface area contributed by atoms with E-state index in [0.29, 0.717) is 30.9 Å². The molecule has 0 saturated carbocycles. The third-order valence-electron chi connectivity index (χ3n) is 3.60. The van der Waals surface area contributed by atoms with E-state index in [1.807, 2.05) is 4.90 Å². The van der Waals surface area contributed by atoms with Gasteiger partial charge in [0, 0.05) is 43.5 Å². The van der Waals surface area contributed by atoms with Crippen LogP contribution >= 0.6 is 0 Å². The maximum Gasteiger partial charge on any atom is 0.244 e. The molecule has 0 unspecified atom stereocenters. The van der Waals surface area contributed by atoms with Crippen LogP contribution < -0.4 is 16.8 Å². The van der Waals surface area contributed by atoms with Gasteiger partial charge >= 0.3 is 0 Å². The lowest BCUT2D eigenvalue weighted by Crippen LogP contribution is -2.29. The van der Waals surface area contributed by atoms with Crippen LogP contribution in [0.25, 0.3) is 6.08 Å². The number of anilines is 2. The molecule has 1 aliphatic heterocycles. The van der Waals surface area contributed by atoms with Crippen LogP contribution in [0.4, 0.5) is 11.4 Å². The highest BCUT2D eigenvalue weighted by Crippen LogP contribution is 2.16. The number of carbonyl (C=O) groups excluding carboxylic acids is 2. The predicted molar refractivity (Wildman–Crippen MR) is 87.7 cm³/mol. The molecule has 0 aromatic heterocycles. The number of nitrogens with zero attached hydrogens (tertiary/aromatic N) is 1. The van der Waals surface area contributed by atoms with Gasteiger partial charge in [-0.25, -0.2) is 0 Å². The SMILES string of the molecule is Nc1ccc(N)c(C=CC(=O)NCCCN2CCCC2=O)c1.